The first-order valence-electron chi connectivity index (χ1n) is 9.41. The average Bonchev–Trinajstić information content (AvgIpc) is 3.30. The first-order chi connectivity index (χ1) is 13.0. The van der Waals surface area contributed by atoms with E-state index in [0.717, 1.165) is 24.0 Å². The summed E-state index contributed by atoms with van der Waals surface area (Å²) in [5, 5.41) is 23.3. The molecule has 3 aliphatic rings. The van der Waals surface area contributed by atoms with E-state index in [1.165, 1.54) is 4.90 Å². The van der Waals surface area contributed by atoms with Gasteiger partial charge in [-0.3, -0.25) is 9.59 Å². The van der Waals surface area contributed by atoms with Gasteiger partial charge in [-0.1, -0.05) is 48.6 Å². The molecule has 1 heterocycles. The zero-order valence-corrected chi connectivity index (χ0v) is 15.0. The first kappa shape index (κ1) is 17.9. The van der Waals surface area contributed by atoms with Gasteiger partial charge in [-0.15, -0.1) is 0 Å². The van der Waals surface area contributed by atoms with Crippen LogP contribution < -0.4 is 5.32 Å². The molecule has 2 amide bonds. The number of aliphatic hydroxyl groups is 2. The first-order valence-corrected chi connectivity index (χ1v) is 9.41. The zero-order chi connectivity index (χ0) is 19.0. The number of rotatable bonds is 4. The van der Waals surface area contributed by atoms with Crippen molar-refractivity contribution in [2.24, 2.45) is 11.8 Å². The summed E-state index contributed by atoms with van der Waals surface area (Å²) in [5.74, 6) is -0.723. The van der Waals surface area contributed by atoms with Crippen LogP contribution >= 0.6 is 0 Å². The van der Waals surface area contributed by atoms with Crippen molar-refractivity contribution in [2.45, 2.75) is 44.2 Å². The second-order valence-electron chi connectivity index (χ2n) is 7.56. The van der Waals surface area contributed by atoms with E-state index in [4.69, 9.17) is 0 Å². The number of benzene rings is 1. The molecular weight excluding hydrogens is 344 g/mol. The van der Waals surface area contributed by atoms with Crippen LogP contribution in [0.25, 0.3) is 0 Å². The van der Waals surface area contributed by atoms with Crippen LogP contribution in [0.5, 0.6) is 0 Å². The number of hydrogen-bond donors (Lipinski definition) is 3. The maximum absolute atomic E-state index is 12.5. The highest BCUT2D eigenvalue weighted by Gasteiger charge is 2.39. The molecule has 2 aliphatic carbocycles. The highest BCUT2D eigenvalue weighted by Crippen LogP contribution is 2.36. The Bertz CT molecular complexity index is 778. The van der Waals surface area contributed by atoms with E-state index < -0.39 is 24.0 Å². The minimum Gasteiger partial charge on any atom is -0.380 e. The summed E-state index contributed by atoms with van der Waals surface area (Å²) in [6.45, 7) is 0.758. The lowest BCUT2D eigenvalue weighted by molar-refractivity contribution is -0.153. The minimum atomic E-state index is -1.77. The smallest absolute Gasteiger partial charge is 0.255 e. The molecule has 1 aromatic carbocycles. The maximum Gasteiger partial charge on any atom is 0.255 e. The zero-order valence-electron chi connectivity index (χ0n) is 15.0. The van der Waals surface area contributed by atoms with Crippen molar-refractivity contribution >= 4 is 11.8 Å². The van der Waals surface area contributed by atoms with Crippen LogP contribution in [-0.4, -0.2) is 45.2 Å². The summed E-state index contributed by atoms with van der Waals surface area (Å²) in [5.41, 5.74) is 2.04. The topological polar surface area (TPSA) is 89.9 Å². The molecule has 2 unspecified atom stereocenters. The summed E-state index contributed by atoms with van der Waals surface area (Å²) in [6, 6.07) is 7.57. The van der Waals surface area contributed by atoms with Gasteiger partial charge < -0.3 is 20.4 Å². The Kier molecular flexibility index (Phi) is 4.85. The third-order valence-electron chi connectivity index (χ3n) is 5.87. The summed E-state index contributed by atoms with van der Waals surface area (Å²) in [7, 11) is 0. The molecule has 1 fully saturated rings. The standard InChI is InChI=1S/C21H24N2O4/c24-18(20(26)22-17-10-9-13-5-3-4-8-16(13)17)19(25)21(27)23-11-14-6-1-2-7-15(14)12-23/h1-8,13,16-19,24-25H,9-12H2,(H,22,26)/t13?,16?,17-,18-,19-/m1/s1. The largest absolute Gasteiger partial charge is 0.380 e. The summed E-state index contributed by atoms with van der Waals surface area (Å²) >= 11 is 0. The predicted octanol–water partition coefficient (Wildman–Crippen LogP) is 0.888. The lowest BCUT2D eigenvalue weighted by Gasteiger charge is -2.26. The van der Waals surface area contributed by atoms with Gasteiger partial charge in [-0.05, 0) is 29.9 Å². The number of nitrogens with zero attached hydrogens (tertiary/aromatic N) is 1. The SMILES string of the molecule is O=C(N[C@@H]1CCC2C=CC=CC21)[C@H](O)[C@@H](O)C(=O)N1Cc2ccccc2C1. The highest BCUT2D eigenvalue weighted by atomic mass is 16.3. The number of allylic oxidation sites excluding steroid dienone is 3. The molecule has 0 aromatic heterocycles. The Hall–Kier alpha value is -2.44. The molecule has 0 saturated heterocycles. The third kappa shape index (κ3) is 3.42. The third-order valence-corrected chi connectivity index (χ3v) is 5.87. The van der Waals surface area contributed by atoms with Crippen molar-refractivity contribution < 1.29 is 19.8 Å². The van der Waals surface area contributed by atoms with Gasteiger partial charge in [0.2, 0.25) is 0 Å². The van der Waals surface area contributed by atoms with E-state index >= 15 is 0 Å². The number of nitrogens with one attached hydrogen (secondary N) is 1. The van der Waals surface area contributed by atoms with Crippen molar-refractivity contribution in [1.82, 2.24) is 10.2 Å². The Morgan fingerprint density at radius 1 is 1.00 bits per heavy atom. The molecule has 6 heteroatoms. The van der Waals surface area contributed by atoms with Crippen molar-refractivity contribution in [3.05, 3.63) is 59.7 Å². The van der Waals surface area contributed by atoms with Crippen molar-refractivity contribution in [3.8, 4) is 0 Å². The van der Waals surface area contributed by atoms with Gasteiger partial charge in [0.15, 0.2) is 12.2 Å². The van der Waals surface area contributed by atoms with Crippen LogP contribution in [0.1, 0.15) is 24.0 Å². The molecule has 0 bridgehead atoms. The summed E-state index contributed by atoms with van der Waals surface area (Å²) < 4.78 is 0. The molecule has 3 N–H and O–H groups in total. The van der Waals surface area contributed by atoms with E-state index in [2.05, 4.69) is 17.5 Å². The normalized spacial score (nSPS) is 27.8. The fourth-order valence-corrected chi connectivity index (χ4v) is 4.35. The van der Waals surface area contributed by atoms with Gasteiger partial charge in [-0.2, -0.15) is 0 Å². The average molecular weight is 368 g/mol. The molecule has 4 rings (SSSR count). The quantitative estimate of drug-likeness (QED) is 0.736. The molecule has 1 aliphatic heterocycles. The van der Waals surface area contributed by atoms with Crippen LogP contribution in [-0.2, 0) is 22.7 Å². The molecule has 6 nitrogen and oxygen atoms in total. The number of carbonyl (C=O) groups is 2. The fraction of sp³-hybridized carbons (Fsp3) is 0.429. The van der Waals surface area contributed by atoms with E-state index in [-0.39, 0.29) is 12.0 Å². The van der Waals surface area contributed by atoms with Crippen LogP contribution in [0.3, 0.4) is 0 Å². The van der Waals surface area contributed by atoms with Gasteiger partial charge in [0.1, 0.15) is 0 Å². The van der Waals surface area contributed by atoms with Gasteiger partial charge in [0.25, 0.3) is 11.8 Å². The monoisotopic (exact) mass is 368 g/mol. The maximum atomic E-state index is 12.5. The van der Waals surface area contributed by atoms with Crippen molar-refractivity contribution in [1.29, 1.82) is 0 Å². The van der Waals surface area contributed by atoms with Gasteiger partial charge in [0.05, 0.1) is 0 Å². The molecule has 0 spiro atoms. The van der Waals surface area contributed by atoms with Gasteiger partial charge in [0, 0.05) is 25.0 Å². The van der Waals surface area contributed by atoms with Crippen LogP contribution in [0, 0.1) is 11.8 Å². The van der Waals surface area contributed by atoms with E-state index in [9.17, 15) is 19.8 Å². The second kappa shape index (κ2) is 7.29. The molecular formula is C21H24N2O4. The summed E-state index contributed by atoms with van der Waals surface area (Å²) in [6.07, 6.45) is 6.42. The number of amides is 2. The molecule has 1 aromatic rings. The molecule has 1 saturated carbocycles. The lowest BCUT2D eigenvalue weighted by Crippen LogP contribution is -2.52. The second-order valence-corrected chi connectivity index (χ2v) is 7.56. The van der Waals surface area contributed by atoms with E-state index in [0.29, 0.717) is 19.0 Å². The number of hydrogen-bond acceptors (Lipinski definition) is 4. The number of fused-ring (bicyclic) bond motifs is 2. The number of aliphatic hydroxyl groups excluding tert-OH is 2. The van der Waals surface area contributed by atoms with Gasteiger partial charge >= 0.3 is 0 Å². The lowest BCUT2D eigenvalue weighted by atomic mass is 9.89. The number of carbonyl (C=O) groups excluding carboxylic acids is 2. The van der Waals surface area contributed by atoms with E-state index in [1.54, 1.807) is 0 Å². The van der Waals surface area contributed by atoms with Crippen LogP contribution in [0.2, 0.25) is 0 Å². The molecule has 142 valence electrons. The van der Waals surface area contributed by atoms with Crippen LogP contribution in [0.15, 0.2) is 48.6 Å². The fourth-order valence-electron chi connectivity index (χ4n) is 4.35. The Balaban J connectivity index is 1.35. The Labute approximate surface area is 158 Å². The highest BCUT2D eigenvalue weighted by molar-refractivity contribution is 5.91. The Morgan fingerprint density at radius 3 is 2.37 bits per heavy atom. The van der Waals surface area contributed by atoms with Crippen molar-refractivity contribution in [3.63, 3.8) is 0 Å². The minimum absolute atomic E-state index is 0.0864. The van der Waals surface area contributed by atoms with E-state index in [1.807, 2.05) is 36.4 Å². The predicted molar refractivity (Wildman–Crippen MR) is 99.1 cm³/mol. The summed E-state index contributed by atoms with van der Waals surface area (Å²) in [4.78, 5) is 26.4. The van der Waals surface area contributed by atoms with Gasteiger partial charge in [-0.25, -0.2) is 0 Å². The van der Waals surface area contributed by atoms with Crippen LogP contribution in [0.4, 0.5) is 0 Å². The van der Waals surface area contributed by atoms with Crippen molar-refractivity contribution in [2.75, 3.05) is 0 Å². The molecule has 27 heavy (non-hydrogen) atoms. The molecule has 5 atom stereocenters. The Morgan fingerprint density at radius 2 is 1.67 bits per heavy atom. The molecule has 0 radical (unpaired) electrons.